The summed E-state index contributed by atoms with van der Waals surface area (Å²) >= 11 is 0. The van der Waals surface area contributed by atoms with E-state index in [-0.39, 0.29) is 0 Å². The molecule has 100 valence electrons. The van der Waals surface area contributed by atoms with Gasteiger partial charge in [0.15, 0.2) is 0 Å². The van der Waals surface area contributed by atoms with E-state index in [4.69, 9.17) is 4.74 Å². The minimum absolute atomic E-state index is 0.471. The summed E-state index contributed by atoms with van der Waals surface area (Å²) in [5, 5.41) is 3.60. The fourth-order valence-corrected chi connectivity index (χ4v) is 3.18. The molecular weight excluding hydrogens is 210 g/mol. The van der Waals surface area contributed by atoms with E-state index in [1.165, 1.54) is 44.9 Å². The molecule has 2 rings (SSSR count). The predicted molar refractivity (Wildman–Crippen MR) is 72.2 cm³/mol. The largest absolute Gasteiger partial charge is 0.377 e. The summed E-state index contributed by atoms with van der Waals surface area (Å²) in [6.07, 6.45) is 10.0. The lowest BCUT2D eigenvalue weighted by Crippen LogP contribution is -2.45. The second kappa shape index (κ2) is 6.75. The van der Waals surface area contributed by atoms with Gasteiger partial charge in [0.1, 0.15) is 0 Å². The summed E-state index contributed by atoms with van der Waals surface area (Å²) < 4.78 is 6.16. The van der Waals surface area contributed by atoms with Crippen LogP contribution < -0.4 is 5.32 Å². The molecule has 0 aromatic rings. The lowest BCUT2D eigenvalue weighted by molar-refractivity contribution is -0.0157. The van der Waals surface area contributed by atoms with Gasteiger partial charge in [-0.2, -0.15) is 0 Å². The lowest BCUT2D eigenvalue weighted by Gasteiger charge is -2.36. The van der Waals surface area contributed by atoms with Crippen molar-refractivity contribution in [3.05, 3.63) is 0 Å². The highest BCUT2D eigenvalue weighted by molar-refractivity contribution is 4.84. The van der Waals surface area contributed by atoms with Crippen molar-refractivity contribution >= 4 is 0 Å². The molecule has 2 fully saturated rings. The lowest BCUT2D eigenvalue weighted by atomic mass is 9.83. The van der Waals surface area contributed by atoms with E-state index in [2.05, 4.69) is 19.2 Å². The maximum absolute atomic E-state index is 6.16. The topological polar surface area (TPSA) is 21.3 Å². The second-order valence-electron chi connectivity index (χ2n) is 6.08. The van der Waals surface area contributed by atoms with Crippen molar-refractivity contribution in [3.8, 4) is 0 Å². The van der Waals surface area contributed by atoms with Crippen LogP contribution >= 0.6 is 0 Å². The van der Waals surface area contributed by atoms with Crippen LogP contribution in [-0.2, 0) is 4.74 Å². The number of nitrogens with one attached hydrogen (secondary N) is 1. The van der Waals surface area contributed by atoms with E-state index in [9.17, 15) is 0 Å². The zero-order valence-electron chi connectivity index (χ0n) is 11.6. The van der Waals surface area contributed by atoms with Gasteiger partial charge in [-0.15, -0.1) is 0 Å². The Bertz CT molecular complexity index is 215. The highest BCUT2D eigenvalue weighted by Crippen LogP contribution is 2.30. The van der Waals surface area contributed by atoms with E-state index < -0.39 is 0 Å². The molecule has 1 N–H and O–H groups in total. The minimum Gasteiger partial charge on any atom is -0.377 e. The fourth-order valence-electron chi connectivity index (χ4n) is 3.18. The van der Waals surface area contributed by atoms with Crippen molar-refractivity contribution in [2.24, 2.45) is 11.8 Å². The van der Waals surface area contributed by atoms with Crippen LogP contribution in [-0.4, -0.2) is 25.3 Å². The Morgan fingerprint density at radius 1 is 1.18 bits per heavy atom. The molecule has 17 heavy (non-hydrogen) atoms. The highest BCUT2D eigenvalue weighted by Gasteiger charge is 2.29. The fraction of sp³-hybridized carbons (Fsp3) is 1.00. The molecule has 0 saturated heterocycles. The summed E-state index contributed by atoms with van der Waals surface area (Å²) in [6, 6.07) is 0.609. The molecule has 0 heterocycles. The highest BCUT2D eigenvalue weighted by atomic mass is 16.5. The maximum atomic E-state index is 6.16. The molecule has 0 radical (unpaired) electrons. The quantitative estimate of drug-likeness (QED) is 0.767. The minimum atomic E-state index is 0.471. The van der Waals surface area contributed by atoms with E-state index in [0.717, 1.165) is 25.0 Å². The molecule has 2 saturated carbocycles. The van der Waals surface area contributed by atoms with Crippen LogP contribution in [0, 0.1) is 11.8 Å². The average molecular weight is 239 g/mol. The number of rotatable bonds is 6. The molecule has 0 bridgehead atoms. The molecule has 2 nitrogen and oxygen atoms in total. The summed E-state index contributed by atoms with van der Waals surface area (Å²) in [7, 11) is 0. The third kappa shape index (κ3) is 3.96. The standard InChI is InChI=1S/C15H29NO/c1-3-16-14-8-7-12(2)11-15(14)17-10-9-13-5-4-6-13/h12-16H,3-11H2,1-2H3. The average Bonchev–Trinajstić information content (AvgIpc) is 2.25. The van der Waals surface area contributed by atoms with Gasteiger partial charge in [-0.05, 0) is 44.1 Å². The first kappa shape index (κ1) is 13.4. The summed E-state index contributed by atoms with van der Waals surface area (Å²) in [5.41, 5.74) is 0. The Morgan fingerprint density at radius 3 is 2.65 bits per heavy atom. The monoisotopic (exact) mass is 239 g/mol. The van der Waals surface area contributed by atoms with Crippen LogP contribution in [0.3, 0.4) is 0 Å². The van der Waals surface area contributed by atoms with Gasteiger partial charge in [-0.3, -0.25) is 0 Å². The molecule has 2 aliphatic rings. The molecular formula is C15H29NO. The first-order valence-corrected chi connectivity index (χ1v) is 7.64. The maximum Gasteiger partial charge on any atom is 0.0730 e. The third-order valence-electron chi connectivity index (χ3n) is 4.60. The van der Waals surface area contributed by atoms with Crippen molar-refractivity contribution in [2.45, 2.75) is 70.9 Å². The molecule has 0 aromatic heterocycles. The summed E-state index contributed by atoms with van der Waals surface area (Å²) in [6.45, 7) is 6.62. The molecule has 2 aliphatic carbocycles. The van der Waals surface area contributed by atoms with Gasteiger partial charge < -0.3 is 10.1 Å². The van der Waals surface area contributed by atoms with E-state index >= 15 is 0 Å². The van der Waals surface area contributed by atoms with Crippen molar-refractivity contribution in [2.75, 3.05) is 13.2 Å². The number of hydrogen-bond acceptors (Lipinski definition) is 2. The first-order chi connectivity index (χ1) is 8.29. The molecule has 0 amide bonds. The molecule has 2 heteroatoms. The zero-order chi connectivity index (χ0) is 12.1. The summed E-state index contributed by atoms with van der Waals surface area (Å²) in [4.78, 5) is 0. The van der Waals surface area contributed by atoms with Crippen LogP contribution in [0.15, 0.2) is 0 Å². The van der Waals surface area contributed by atoms with Crippen molar-refractivity contribution < 1.29 is 4.74 Å². The second-order valence-corrected chi connectivity index (χ2v) is 6.08. The third-order valence-corrected chi connectivity index (χ3v) is 4.60. The smallest absolute Gasteiger partial charge is 0.0730 e. The van der Waals surface area contributed by atoms with Crippen molar-refractivity contribution in [3.63, 3.8) is 0 Å². The van der Waals surface area contributed by atoms with Crippen LogP contribution in [0.4, 0.5) is 0 Å². The van der Waals surface area contributed by atoms with E-state index in [0.29, 0.717) is 12.1 Å². The Kier molecular flexibility index (Phi) is 5.30. The SMILES string of the molecule is CCNC1CCC(C)CC1OCCC1CCC1. The zero-order valence-corrected chi connectivity index (χ0v) is 11.6. The van der Waals surface area contributed by atoms with Gasteiger partial charge in [0.05, 0.1) is 6.10 Å². The predicted octanol–water partition coefficient (Wildman–Crippen LogP) is 3.36. The Hall–Kier alpha value is -0.0800. The molecule has 3 atom stereocenters. The summed E-state index contributed by atoms with van der Waals surface area (Å²) in [5.74, 6) is 1.83. The number of ether oxygens (including phenoxy) is 1. The normalized spacial score (nSPS) is 34.6. The van der Waals surface area contributed by atoms with E-state index in [1.54, 1.807) is 0 Å². The van der Waals surface area contributed by atoms with Crippen molar-refractivity contribution in [1.82, 2.24) is 5.32 Å². The van der Waals surface area contributed by atoms with Gasteiger partial charge in [0.25, 0.3) is 0 Å². The van der Waals surface area contributed by atoms with Crippen LogP contribution in [0.1, 0.15) is 58.8 Å². The van der Waals surface area contributed by atoms with Crippen LogP contribution in [0.5, 0.6) is 0 Å². The van der Waals surface area contributed by atoms with E-state index in [1.807, 2.05) is 0 Å². The van der Waals surface area contributed by atoms with Gasteiger partial charge in [-0.25, -0.2) is 0 Å². The molecule has 3 unspecified atom stereocenters. The molecule has 0 aromatic carbocycles. The van der Waals surface area contributed by atoms with Gasteiger partial charge >= 0.3 is 0 Å². The van der Waals surface area contributed by atoms with Crippen molar-refractivity contribution in [1.29, 1.82) is 0 Å². The van der Waals surface area contributed by atoms with Crippen LogP contribution in [0.25, 0.3) is 0 Å². The van der Waals surface area contributed by atoms with Gasteiger partial charge in [0, 0.05) is 12.6 Å². The van der Waals surface area contributed by atoms with Gasteiger partial charge in [0.2, 0.25) is 0 Å². The number of hydrogen-bond donors (Lipinski definition) is 1. The Labute approximate surface area is 107 Å². The Morgan fingerprint density at radius 2 is 2.00 bits per heavy atom. The first-order valence-electron chi connectivity index (χ1n) is 7.64. The molecule has 0 spiro atoms. The van der Waals surface area contributed by atoms with Crippen LogP contribution in [0.2, 0.25) is 0 Å². The molecule has 0 aliphatic heterocycles. The van der Waals surface area contributed by atoms with Gasteiger partial charge in [-0.1, -0.05) is 33.1 Å². The Balaban J connectivity index is 1.69. The number of likely N-dealkylation sites (N-methyl/N-ethyl adjacent to an activating group) is 1.